The molecule has 0 radical (unpaired) electrons. The molecule has 0 aliphatic rings. The zero-order chi connectivity index (χ0) is 13.8. The standard InChI is InChI=1S/C16H19NO2/c1-3-11(2)12-4-6-13(7-5-12)16(18)15-9-8-14(10-17)19-15/h4-9,11H,3,10,17H2,1-2H3. The van der Waals surface area contributed by atoms with Crippen LogP contribution in [0.4, 0.5) is 0 Å². The van der Waals surface area contributed by atoms with Crippen molar-refractivity contribution in [1.82, 2.24) is 0 Å². The van der Waals surface area contributed by atoms with Crippen molar-refractivity contribution >= 4 is 5.78 Å². The van der Waals surface area contributed by atoms with Gasteiger partial charge in [0.2, 0.25) is 5.78 Å². The van der Waals surface area contributed by atoms with Crippen LogP contribution in [0.25, 0.3) is 0 Å². The number of hydrogen-bond acceptors (Lipinski definition) is 3. The van der Waals surface area contributed by atoms with E-state index in [0.717, 1.165) is 6.42 Å². The minimum absolute atomic E-state index is 0.101. The van der Waals surface area contributed by atoms with Gasteiger partial charge in [-0.25, -0.2) is 0 Å². The van der Waals surface area contributed by atoms with Crippen LogP contribution in [-0.4, -0.2) is 5.78 Å². The number of rotatable bonds is 5. The van der Waals surface area contributed by atoms with E-state index in [4.69, 9.17) is 10.2 Å². The molecule has 3 heteroatoms. The van der Waals surface area contributed by atoms with Gasteiger partial charge < -0.3 is 10.2 Å². The van der Waals surface area contributed by atoms with Gasteiger partial charge in [-0.1, -0.05) is 38.1 Å². The Bertz CT molecular complexity index is 554. The number of benzene rings is 1. The smallest absolute Gasteiger partial charge is 0.228 e. The largest absolute Gasteiger partial charge is 0.456 e. The second-order valence-electron chi connectivity index (χ2n) is 4.73. The van der Waals surface area contributed by atoms with Crippen molar-refractivity contribution in [3.05, 3.63) is 59.0 Å². The average molecular weight is 257 g/mol. The lowest BCUT2D eigenvalue weighted by Gasteiger charge is -2.08. The fourth-order valence-corrected chi connectivity index (χ4v) is 1.95. The molecule has 0 amide bonds. The van der Waals surface area contributed by atoms with Crippen molar-refractivity contribution in [1.29, 1.82) is 0 Å². The summed E-state index contributed by atoms with van der Waals surface area (Å²) in [6, 6.07) is 11.1. The molecule has 3 nitrogen and oxygen atoms in total. The predicted molar refractivity (Wildman–Crippen MR) is 75.2 cm³/mol. The molecule has 1 heterocycles. The summed E-state index contributed by atoms with van der Waals surface area (Å²) >= 11 is 0. The third-order valence-electron chi connectivity index (χ3n) is 3.44. The molecule has 0 bridgehead atoms. The normalized spacial score (nSPS) is 12.4. The summed E-state index contributed by atoms with van der Waals surface area (Å²) in [4.78, 5) is 12.2. The molecule has 0 saturated heterocycles. The van der Waals surface area contributed by atoms with Gasteiger partial charge in [0.15, 0.2) is 5.76 Å². The lowest BCUT2D eigenvalue weighted by atomic mass is 9.96. The Hall–Kier alpha value is -1.87. The molecule has 0 aliphatic heterocycles. The Morgan fingerprint density at radius 2 is 1.89 bits per heavy atom. The van der Waals surface area contributed by atoms with Gasteiger partial charge in [0.25, 0.3) is 0 Å². The van der Waals surface area contributed by atoms with E-state index in [1.165, 1.54) is 5.56 Å². The number of furan rings is 1. The summed E-state index contributed by atoms with van der Waals surface area (Å²) in [6.45, 7) is 4.64. The molecule has 0 fully saturated rings. The van der Waals surface area contributed by atoms with E-state index in [0.29, 0.717) is 29.5 Å². The Labute approximate surface area is 113 Å². The van der Waals surface area contributed by atoms with E-state index in [9.17, 15) is 4.79 Å². The number of carbonyl (C=O) groups is 1. The quantitative estimate of drug-likeness (QED) is 0.834. The van der Waals surface area contributed by atoms with Crippen LogP contribution in [0, 0.1) is 0 Å². The van der Waals surface area contributed by atoms with Crippen LogP contribution in [-0.2, 0) is 6.54 Å². The zero-order valence-electron chi connectivity index (χ0n) is 11.3. The van der Waals surface area contributed by atoms with Crippen LogP contribution < -0.4 is 5.73 Å². The molecule has 1 unspecified atom stereocenters. The molecule has 0 spiro atoms. The fourth-order valence-electron chi connectivity index (χ4n) is 1.95. The third-order valence-corrected chi connectivity index (χ3v) is 3.44. The number of nitrogens with two attached hydrogens (primary N) is 1. The zero-order valence-corrected chi connectivity index (χ0v) is 11.3. The van der Waals surface area contributed by atoms with Crippen molar-refractivity contribution in [2.24, 2.45) is 5.73 Å². The van der Waals surface area contributed by atoms with Gasteiger partial charge in [-0.05, 0) is 30.0 Å². The second kappa shape index (κ2) is 5.85. The Kier molecular flexibility index (Phi) is 4.17. The molecule has 2 aromatic rings. The van der Waals surface area contributed by atoms with Crippen LogP contribution in [0.5, 0.6) is 0 Å². The maximum absolute atomic E-state index is 12.2. The first kappa shape index (κ1) is 13.6. The van der Waals surface area contributed by atoms with Gasteiger partial charge >= 0.3 is 0 Å². The Morgan fingerprint density at radius 3 is 2.42 bits per heavy atom. The third kappa shape index (κ3) is 2.93. The molecule has 0 aliphatic carbocycles. The van der Waals surface area contributed by atoms with Gasteiger partial charge in [0.05, 0.1) is 6.54 Å². The maximum Gasteiger partial charge on any atom is 0.228 e. The lowest BCUT2D eigenvalue weighted by Crippen LogP contribution is -2.01. The molecule has 19 heavy (non-hydrogen) atoms. The average Bonchev–Trinajstić information content (AvgIpc) is 2.94. The summed E-state index contributed by atoms with van der Waals surface area (Å²) in [5.41, 5.74) is 7.36. The highest BCUT2D eigenvalue weighted by Crippen LogP contribution is 2.20. The van der Waals surface area contributed by atoms with Crippen molar-refractivity contribution in [2.45, 2.75) is 32.7 Å². The van der Waals surface area contributed by atoms with Crippen LogP contribution in [0.15, 0.2) is 40.8 Å². The monoisotopic (exact) mass is 257 g/mol. The Morgan fingerprint density at radius 1 is 1.21 bits per heavy atom. The minimum atomic E-state index is -0.101. The molecule has 1 atom stereocenters. The first-order valence-electron chi connectivity index (χ1n) is 6.59. The first-order chi connectivity index (χ1) is 9.15. The summed E-state index contributed by atoms with van der Waals surface area (Å²) in [5.74, 6) is 1.38. The molecule has 2 N–H and O–H groups in total. The lowest BCUT2D eigenvalue weighted by molar-refractivity contribution is 0.101. The fraction of sp³-hybridized carbons (Fsp3) is 0.312. The van der Waals surface area contributed by atoms with E-state index < -0.39 is 0 Å². The number of hydrogen-bond donors (Lipinski definition) is 1. The van der Waals surface area contributed by atoms with Crippen molar-refractivity contribution in [3.8, 4) is 0 Å². The van der Waals surface area contributed by atoms with Crippen LogP contribution in [0.3, 0.4) is 0 Å². The van der Waals surface area contributed by atoms with Crippen molar-refractivity contribution in [3.63, 3.8) is 0 Å². The Balaban J connectivity index is 2.19. The topological polar surface area (TPSA) is 56.2 Å². The van der Waals surface area contributed by atoms with Crippen LogP contribution in [0.2, 0.25) is 0 Å². The van der Waals surface area contributed by atoms with E-state index in [1.54, 1.807) is 12.1 Å². The van der Waals surface area contributed by atoms with E-state index in [1.807, 2.05) is 24.3 Å². The molecule has 1 aromatic heterocycles. The highest BCUT2D eigenvalue weighted by molar-refractivity contribution is 6.07. The molecule has 2 rings (SSSR count). The summed E-state index contributed by atoms with van der Waals surface area (Å²) in [6.07, 6.45) is 1.09. The molecular weight excluding hydrogens is 238 g/mol. The van der Waals surface area contributed by atoms with Crippen LogP contribution in [0.1, 0.15) is 53.6 Å². The molecule has 100 valence electrons. The van der Waals surface area contributed by atoms with Gasteiger partial charge in [-0.2, -0.15) is 0 Å². The summed E-state index contributed by atoms with van der Waals surface area (Å²) in [5, 5.41) is 0. The van der Waals surface area contributed by atoms with Gasteiger partial charge in [0.1, 0.15) is 5.76 Å². The van der Waals surface area contributed by atoms with Gasteiger partial charge in [-0.15, -0.1) is 0 Å². The number of carbonyl (C=O) groups excluding carboxylic acids is 1. The van der Waals surface area contributed by atoms with Crippen molar-refractivity contribution < 1.29 is 9.21 Å². The predicted octanol–water partition coefficient (Wildman–Crippen LogP) is 3.48. The highest BCUT2D eigenvalue weighted by Gasteiger charge is 2.13. The molecule has 0 saturated carbocycles. The summed E-state index contributed by atoms with van der Waals surface area (Å²) < 4.78 is 5.37. The highest BCUT2D eigenvalue weighted by atomic mass is 16.3. The molecule has 1 aromatic carbocycles. The van der Waals surface area contributed by atoms with Crippen LogP contribution >= 0.6 is 0 Å². The van der Waals surface area contributed by atoms with E-state index in [-0.39, 0.29) is 5.78 Å². The van der Waals surface area contributed by atoms with Crippen molar-refractivity contribution in [2.75, 3.05) is 0 Å². The minimum Gasteiger partial charge on any atom is -0.456 e. The first-order valence-corrected chi connectivity index (χ1v) is 6.59. The SMILES string of the molecule is CCC(C)c1ccc(C(=O)c2ccc(CN)o2)cc1. The van der Waals surface area contributed by atoms with Gasteiger partial charge in [0, 0.05) is 5.56 Å². The second-order valence-corrected chi connectivity index (χ2v) is 4.73. The number of ketones is 1. The van der Waals surface area contributed by atoms with Gasteiger partial charge in [-0.3, -0.25) is 4.79 Å². The summed E-state index contributed by atoms with van der Waals surface area (Å²) in [7, 11) is 0. The molecular formula is C16H19NO2. The maximum atomic E-state index is 12.2. The van der Waals surface area contributed by atoms with E-state index in [2.05, 4.69) is 13.8 Å². The van der Waals surface area contributed by atoms with E-state index >= 15 is 0 Å².